The van der Waals surface area contributed by atoms with Crippen molar-refractivity contribution in [2.24, 2.45) is 17.3 Å². The van der Waals surface area contributed by atoms with Crippen molar-refractivity contribution in [3.05, 3.63) is 0 Å². The minimum atomic E-state index is -0.319. The molecule has 0 aromatic rings. The molecule has 0 bridgehead atoms. The molecule has 0 aromatic heterocycles. The van der Waals surface area contributed by atoms with Crippen molar-refractivity contribution >= 4 is 11.6 Å². The van der Waals surface area contributed by atoms with Crippen molar-refractivity contribution < 1.29 is 9.59 Å². The average Bonchev–Trinajstić information content (AvgIpc) is 2.28. The summed E-state index contributed by atoms with van der Waals surface area (Å²) < 4.78 is 0. The third kappa shape index (κ3) is 1.98. The summed E-state index contributed by atoms with van der Waals surface area (Å²) in [6.45, 7) is 7.84. The molecule has 74 valence electrons. The molecule has 13 heavy (non-hydrogen) atoms. The molecule has 2 unspecified atom stereocenters. The normalized spacial score (nSPS) is 29.4. The van der Waals surface area contributed by atoms with E-state index >= 15 is 0 Å². The largest absolute Gasteiger partial charge is 0.299 e. The van der Waals surface area contributed by atoms with Gasteiger partial charge in [-0.2, -0.15) is 0 Å². The van der Waals surface area contributed by atoms with Gasteiger partial charge in [-0.3, -0.25) is 9.59 Å². The number of Topliss-reactive ketones (excluding diaryl/α,β-unsaturated/α-hetero) is 2. The lowest BCUT2D eigenvalue weighted by Crippen LogP contribution is -2.31. The summed E-state index contributed by atoms with van der Waals surface area (Å²) in [5, 5.41) is 0. The van der Waals surface area contributed by atoms with E-state index < -0.39 is 0 Å². The molecule has 0 aromatic carbocycles. The predicted octanol–water partition coefficient (Wildman–Crippen LogP) is 2.22. The third-order valence-electron chi connectivity index (χ3n) is 3.00. The molecular formula is C11H18O2. The molecule has 2 nitrogen and oxygen atoms in total. The van der Waals surface area contributed by atoms with Gasteiger partial charge in [-0.1, -0.05) is 20.8 Å². The second-order valence-corrected chi connectivity index (χ2v) is 5.07. The highest BCUT2D eigenvalue weighted by Crippen LogP contribution is 2.41. The van der Waals surface area contributed by atoms with E-state index in [9.17, 15) is 9.59 Å². The molecule has 1 saturated carbocycles. The molecule has 0 N–H and O–H groups in total. The van der Waals surface area contributed by atoms with Crippen molar-refractivity contribution in [2.45, 2.75) is 40.5 Å². The number of carbonyl (C=O) groups is 2. The summed E-state index contributed by atoms with van der Waals surface area (Å²) in [6, 6.07) is 0. The fourth-order valence-corrected chi connectivity index (χ4v) is 2.29. The van der Waals surface area contributed by atoms with Crippen LogP contribution < -0.4 is 0 Å². The standard InChI is InChI=1S/C11H18O2/c1-7(12)10-8(11(2,3)4)5-6-9(10)13/h8,10H,5-6H2,1-4H3. The Balaban J connectivity index is 2.88. The molecule has 1 rings (SSSR count). The summed E-state index contributed by atoms with van der Waals surface area (Å²) in [7, 11) is 0. The second kappa shape index (κ2) is 3.24. The maximum Gasteiger partial charge on any atom is 0.143 e. The van der Waals surface area contributed by atoms with Gasteiger partial charge in [-0.15, -0.1) is 0 Å². The molecule has 0 spiro atoms. The number of rotatable bonds is 1. The van der Waals surface area contributed by atoms with Gasteiger partial charge in [0.15, 0.2) is 0 Å². The van der Waals surface area contributed by atoms with Gasteiger partial charge in [0.05, 0.1) is 5.92 Å². The molecule has 2 atom stereocenters. The zero-order valence-electron chi connectivity index (χ0n) is 8.89. The first-order valence-electron chi connectivity index (χ1n) is 4.87. The Labute approximate surface area is 79.7 Å². The van der Waals surface area contributed by atoms with Gasteiger partial charge in [0.2, 0.25) is 0 Å². The molecule has 1 aliphatic carbocycles. The molecule has 1 fully saturated rings. The zero-order valence-corrected chi connectivity index (χ0v) is 8.89. The van der Waals surface area contributed by atoms with Crippen LogP contribution in [0.5, 0.6) is 0 Å². The van der Waals surface area contributed by atoms with E-state index in [4.69, 9.17) is 0 Å². The highest BCUT2D eigenvalue weighted by atomic mass is 16.1. The topological polar surface area (TPSA) is 34.1 Å². The molecule has 2 heteroatoms. The van der Waals surface area contributed by atoms with Gasteiger partial charge in [-0.05, 0) is 24.7 Å². The van der Waals surface area contributed by atoms with Crippen molar-refractivity contribution in [1.82, 2.24) is 0 Å². The second-order valence-electron chi connectivity index (χ2n) is 5.07. The van der Waals surface area contributed by atoms with Crippen molar-refractivity contribution in [3.63, 3.8) is 0 Å². The van der Waals surface area contributed by atoms with Crippen molar-refractivity contribution in [3.8, 4) is 0 Å². The minimum Gasteiger partial charge on any atom is -0.299 e. The van der Waals surface area contributed by atoms with Gasteiger partial charge in [-0.25, -0.2) is 0 Å². The van der Waals surface area contributed by atoms with E-state index in [0.29, 0.717) is 6.42 Å². The predicted molar refractivity (Wildman–Crippen MR) is 51.4 cm³/mol. The van der Waals surface area contributed by atoms with E-state index in [0.717, 1.165) is 6.42 Å². The Morgan fingerprint density at radius 2 is 1.92 bits per heavy atom. The highest BCUT2D eigenvalue weighted by Gasteiger charge is 2.43. The van der Waals surface area contributed by atoms with Gasteiger partial charge in [0.25, 0.3) is 0 Å². The van der Waals surface area contributed by atoms with Gasteiger partial charge < -0.3 is 0 Å². The lowest BCUT2D eigenvalue weighted by Gasteiger charge is -2.30. The Bertz CT molecular complexity index is 235. The minimum absolute atomic E-state index is 0.0439. The van der Waals surface area contributed by atoms with Crippen molar-refractivity contribution in [2.75, 3.05) is 0 Å². The van der Waals surface area contributed by atoms with Crippen LogP contribution in [0.15, 0.2) is 0 Å². The fraction of sp³-hybridized carbons (Fsp3) is 0.818. The molecule has 0 aliphatic heterocycles. The van der Waals surface area contributed by atoms with Crippen LogP contribution in [0.3, 0.4) is 0 Å². The number of hydrogen-bond donors (Lipinski definition) is 0. The van der Waals surface area contributed by atoms with E-state index in [2.05, 4.69) is 20.8 Å². The van der Waals surface area contributed by atoms with Crippen molar-refractivity contribution in [1.29, 1.82) is 0 Å². The SMILES string of the molecule is CC(=O)C1C(=O)CCC1C(C)(C)C. The maximum absolute atomic E-state index is 11.5. The van der Waals surface area contributed by atoms with Gasteiger partial charge in [0, 0.05) is 6.42 Å². The Kier molecular flexibility index (Phi) is 2.60. The zero-order chi connectivity index (χ0) is 10.2. The lowest BCUT2D eigenvalue weighted by atomic mass is 9.73. The quantitative estimate of drug-likeness (QED) is 0.583. The van der Waals surface area contributed by atoms with Gasteiger partial charge >= 0.3 is 0 Å². The monoisotopic (exact) mass is 182 g/mol. The molecular weight excluding hydrogens is 164 g/mol. The summed E-state index contributed by atoms with van der Waals surface area (Å²) in [6.07, 6.45) is 1.47. The van der Waals surface area contributed by atoms with Crippen LogP contribution in [0.25, 0.3) is 0 Å². The van der Waals surface area contributed by atoms with E-state index in [-0.39, 0.29) is 28.8 Å². The van der Waals surface area contributed by atoms with Gasteiger partial charge in [0.1, 0.15) is 11.6 Å². The highest BCUT2D eigenvalue weighted by molar-refractivity contribution is 6.03. The summed E-state index contributed by atoms with van der Waals surface area (Å²) in [4.78, 5) is 22.7. The molecule has 1 aliphatic rings. The lowest BCUT2D eigenvalue weighted by molar-refractivity contribution is -0.132. The summed E-state index contributed by atoms with van der Waals surface area (Å²) in [5.41, 5.74) is 0.0719. The molecule has 0 heterocycles. The Morgan fingerprint density at radius 3 is 2.23 bits per heavy atom. The van der Waals surface area contributed by atoms with Crippen LogP contribution in [-0.4, -0.2) is 11.6 Å². The average molecular weight is 182 g/mol. The number of carbonyl (C=O) groups excluding carboxylic acids is 2. The first-order chi connectivity index (χ1) is 5.84. The van der Waals surface area contributed by atoms with E-state index in [1.165, 1.54) is 6.92 Å². The molecule has 0 saturated heterocycles. The maximum atomic E-state index is 11.5. The molecule has 0 radical (unpaired) electrons. The van der Waals surface area contributed by atoms with Crippen LogP contribution in [0.2, 0.25) is 0 Å². The van der Waals surface area contributed by atoms with Crippen LogP contribution in [0, 0.1) is 17.3 Å². The third-order valence-corrected chi connectivity index (χ3v) is 3.00. The van der Waals surface area contributed by atoms with E-state index in [1.54, 1.807) is 0 Å². The first-order valence-corrected chi connectivity index (χ1v) is 4.87. The smallest absolute Gasteiger partial charge is 0.143 e. The van der Waals surface area contributed by atoms with Crippen LogP contribution in [0.4, 0.5) is 0 Å². The summed E-state index contributed by atoms with van der Waals surface area (Å²) in [5.74, 6) is 0.118. The number of hydrogen-bond acceptors (Lipinski definition) is 2. The summed E-state index contributed by atoms with van der Waals surface area (Å²) >= 11 is 0. The van der Waals surface area contributed by atoms with E-state index in [1.807, 2.05) is 0 Å². The Morgan fingerprint density at radius 1 is 1.38 bits per heavy atom. The number of ketones is 2. The van der Waals surface area contributed by atoms with Crippen LogP contribution in [-0.2, 0) is 9.59 Å². The molecule has 0 amide bonds. The first kappa shape index (κ1) is 10.4. The van der Waals surface area contributed by atoms with Crippen LogP contribution >= 0.6 is 0 Å². The fourth-order valence-electron chi connectivity index (χ4n) is 2.29. The Hall–Kier alpha value is -0.660. The van der Waals surface area contributed by atoms with Crippen LogP contribution in [0.1, 0.15) is 40.5 Å².